The largest absolute Gasteiger partial charge is 0.493 e. The molecule has 4 heteroatoms. The van der Waals surface area contributed by atoms with Gasteiger partial charge < -0.3 is 9.47 Å². The van der Waals surface area contributed by atoms with Crippen molar-refractivity contribution in [3.05, 3.63) is 28.3 Å². The molecule has 1 saturated carbocycles. The molecule has 0 amide bonds. The van der Waals surface area contributed by atoms with Gasteiger partial charge in [-0.25, -0.2) is 0 Å². The van der Waals surface area contributed by atoms with Gasteiger partial charge in [0.2, 0.25) is 0 Å². The fourth-order valence-corrected chi connectivity index (χ4v) is 2.83. The number of halogens is 1. The summed E-state index contributed by atoms with van der Waals surface area (Å²) in [6.45, 7) is 1.98. The highest BCUT2D eigenvalue weighted by Gasteiger charge is 2.22. The van der Waals surface area contributed by atoms with E-state index < -0.39 is 0 Å². The van der Waals surface area contributed by atoms with Crippen LogP contribution in [0.25, 0.3) is 6.08 Å². The third-order valence-corrected chi connectivity index (χ3v) is 3.92. The molecule has 0 bridgehead atoms. The minimum atomic E-state index is 0.116. The van der Waals surface area contributed by atoms with Gasteiger partial charge in [0.25, 0.3) is 0 Å². The van der Waals surface area contributed by atoms with Crippen LogP contribution in [-0.2, 0) is 4.79 Å². The summed E-state index contributed by atoms with van der Waals surface area (Å²) in [5.41, 5.74) is 1.73. The van der Waals surface area contributed by atoms with Crippen molar-refractivity contribution < 1.29 is 14.3 Å². The Labute approximate surface area is 124 Å². The summed E-state index contributed by atoms with van der Waals surface area (Å²) in [5.74, 6) is 1.44. The summed E-state index contributed by atoms with van der Waals surface area (Å²) in [6, 6.07) is 3.63. The Morgan fingerprint density at radius 2 is 2.05 bits per heavy atom. The standard InChI is InChI=1S/C16H19ClO3/c1-10-5-4-6-12(15(10)18)7-11-8-13(17)16(20-3)14(9-11)19-2/h7-10H,4-6H2,1-3H3/b12-7+/t10-/m0/s1. The van der Waals surface area contributed by atoms with E-state index in [1.165, 1.54) is 0 Å². The Balaban J connectivity index is 2.38. The molecular weight excluding hydrogens is 276 g/mol. The lowest BCUT2D eigenvalue weighted by Gasteiger charge is -2.19. The van der Waals surface area contributed by atoms with Crippen molar-refractivity contribution in [3.8, 4) is 11.5 Å². The third kappa shape index (κ3) is 2.98. The summed E-state index contributed by atoms with van der Waals surface area (Å²) in [7, 11) is 3.12. The van der Waals surface area contributed by atoms with Gasteiger partial charge in [0.05, 0.1) is 19.2 Å². The first kappa shape index (κ1) is 14.9. The first-order chi connectivity index (χ1) is 9.56. The molecule has 0 spiro atoms. The van der Waals surface area contributed by atoms with E-state index in [0.29, 0.717) is 16.5 Å². The van der Waals surface area contributed by atoms with E-state index in [9.17, 15) is 4.79 Å². The summed E-state index contributed by atoms with van der Waals surface area (Å²) in [6.07, 6.45) is 4.77. The van der Waals surface area contributed by atoms with Crippen LogP contribution in [-0.4, -0.2) is 20.0 Å². The second-order valence-electron chi connectivity index (χ2n) is 5.07. The number of Topliss-reactive ketones (excluding diaryl/α,β-unsaturated/α-hetero) is 1. The van der Waals surface area contributed by atoms with Crippen LogP contribution in [0.15, 0.2) is 17.7 Å². The maximum Gasteiger partial charge on any atom is 0.179 e. The first-order valence-corrected chi connectivity index (χ1v) is 7.11. The molecule has 108 valence electrons. The monoisotopic (exact) mass is 294 g/mol. The molecule has 0 radical (unpaired) electrons. The Kier molecular flexibility index (Phi) is 4.71. The predicted octanol–water partition coefficient (Wildman–Crippen LogP) is 4.13. The lowest BCUT2D eigenvalue weighted by Crippen LogP contribution is -2.18. The molecule has 1 fully saturated rings. The zero-order chi connectivity index (χ0) is 14.7. The number of ketones is 1. The van der Waals surface area contributed by atoms with Crippen LogP contribution < -0.4 is 9.47 Å². The molecule has 20 heavy (non-hydrogen) atoms. The number of ether oxygens (including phenoxy) is 2. The van der Waals surface area contributed by atoms with Crippen molar-refractivity contribution in [1.82, 2.24) is 0 Å². The smallest absolute Gasteiger partial charge is 0.179 e. The van der Waals surface area contributed by atoms with E-state index in [1.807, 2.05) is 19.1 Å². The molecule has 0 aliphatic heterocycles. The molecule has 1 atom stereocenters. The summed E-state index contributed by atoms with van der Waals surface area (Å²) in [4.78, 5) is 12.1. The molecule has 0 N–H and O–H groups in total. The first-order valence-electron chi connectivity index (χ1n) is 6.73. The van der Waals surface area contributed by atoms with Gasteiger partial charge in [-0.3, -0.25) is 4.79 Å². The van der Waals surface area contributed by atoms with Crippen LogP contribution in [0.2, 0.25) is 5.02 Å². The zero-order valence-electron chi connectivity index (χ0n) is 12.0. The molecule has 2 rings (SSSR count). The van der Waals surface area contributed by atoms with Gasteiger partial charge in [-0.15, -0.1) is 0 Å². The number of hydrogen-bond donors (Lipinski definition) is 0. The summed E-state index contributed by atoms with van der Waals surface area (Å²) < 4.78 is 10.5. The van der Waals surface area contributed by atoms with E-state index in [4.69, 9.17) is 21.1 Å². The highest BCUT2D eigenvalue weighted by molar-refractivity contribution is 6.32. The van der Waals surface area contributed by atoms with E-state index in [-0.39, 0.29) is 11.7 Å². The Morgan fingerprint density at radius 3 is 2.70 bits per heavy atom. The molecule has 0 aromatic heterocycles. The van der Waals surface area contributed by atoms with E-state index >= 15 is 0 Å². The molecule has 0 saturated heterocycles. The van der Waals surface area contributed by atoms with Crippen LogP contribution in [0, 0.1) is 5.92 Å². The second-order valence-corrected chi connectivity index (χ2v) is 5.47. The van der Waals surface area contributed by atoms with Crippen LogP contribution >= 0.6 is 11.6 Å². The fourth-order valence-electron chi connectivity index (χ4n) is 2.54. The van der Waals surface area contributed by atoms with Gasteiger partial charge in [-0.1, -0.05) is 18.5 Å². The normalized spacial score (nSPS) is 21.1. The van der Waals surface area contributed by atoms with Crippen LogP contribution in [0.1, 0.15) is 31.7 Å². The fraction of sp³-hybridized carbons (Fsp3) is 0.438. The number of allylic oxidation sites excluding steroid dienone is 1. The maximum atomic E-state index is 12.1. The molecule has 1 aliphatic carbocycles. The number of carbonyl (C=O) groups is 1. The second kappa shape index (κ2) is 6.31. The molecule has 1 aromatic rings. The van der Waals surface area contributed by atoms with Crippen molar-refractivity contribution in [2.24, 2.45) is 5.92 Å². The average Bonchev–Trinajstić information content (AvgIpc) is 2.43. The molecule has 0 heterocycles. The van der Waals surface area contributed by atoms with Crippen molar-refractivity contribution in [2.45, 2.75) is 26.2 Å². The van der Waals surface area contributed by atoms with E-state index in [1.54, 1.807) is 20.3 Å². The zero-order valence-corrected chi connectivity index (χ0v) is 12.8. The Bertz CT molecular complexity index is 549. The summed E-state index contributed by atoms with van der Waals surface area (Å²) >= 11 is 6.18. The number of benzene rings is 1. The van der Waals surface area contributed by atoms with Gasteiger partial charge in [0.1, 0.15) is 0 Å². The average molecular weight is 295 g/mol. The number of rotatable bonds is 3. The summed E-state index contributed by atoms with van der Waals surface area (Å²) in [5, 5.41) is 0.481. The highest BCUT2D eigenvalue weighted by Crippen LogP contribution is 2.37. The molecular formula is C16H19ClO3. The van der Waals surface area contributed by atoms with Gasteiger partial charge >= 0.3 is 0 Å². The SMILES string of the molecule is COc1cc(/C=C2\CCC[C@H](C)C2=O)cc(Cl)c1OC. The van der Waals surface area contributed by atoms with Gasteiger partial charge in [-0.05, 0) is 48.6 Å². The van der Waals surface area contributed by atoms with E-state index in [2.05, 4.69) is 0 Å². The molecule has 0 unspecified atom stereocenters. The Hall–Kier alpha value is -1.48. The minimum absolute atomic E-state index is 0.116. The lowest BCUT2D eigenvalue weighted by molar-refractivity contribution is -0.119. The van der Waals surface area contributed by atoms with Crippen LogP contribution in [0.3, 0.4) is 0 Å². The number of carbonyl (C=O) groups excluding carboxylic acids is 1. The maximum absolute atomic E-state index is 12.1. The quantitative estimate of drug-likeness (QED) is 0.786. The third-order valence-electron chi connectivity index (χ3n) is 3.64. The highest BCUT2D eigenvalue weighted by atomic mass is 35.5. The minimum Gasteiger partial charge on any atom is -0.493 e. The van der Waals surface area contributed by atoms with Crippen LogP contribution in [0.5, 0.6) is 11.5 Å². The van der Waals surface area contributed by atoms with Crippen molar-refractivity contribution >= 4 is 23.5 Å². The number of hydrogen-bond acceptors (Lipinski definition) is 3. The van der Waals surface area contributed by atoms with Crippen molar-refractivity contribution in [3.63, 3.8) is 0 Å². The molecule has 3 nitrogen and oxygen atoms in total. The number of methoxy groups -OCH3 is 2. The lowest BCUT2D eigenvalue weighted by atomic mass is 9.84. The van der Waals surface area contributed by atoms with Gasteiger partial charge in [-0.2, -0.15) is 0 Å². The van der Waals surface area contributed by atoms with Crippen molar-refractivity contribution in [1.29, 1.82) is 0 Å². The molecule has 1 aromatic carbocycles. The van der Waals surface area contributed by atoms with Gasteiger partial charge in [0.15, 0.2) is 17.3 Å². The Morgan fingerprint density at radius 1 is 1.30 bits per heavy atom. The molecule has 1 aliphatic rings. The van der Waals surface area contributed by atoms with Gasteiger partial charge in [0, 0.05) is 5.92 Å². The topological polar surface area (TPSA) is 35.5 Å². The van der Waals surface area contributed by atoms with Crippen LogP contribution in [0.4, 0.5) is 0 Å². The van der Waals surface area contributed by atoms with E-state index in [0.717, 1.165) is 30.4 Å². The van der Waals surface area contributed by atoms with Crippen molar-refractivity contribution in [2.75, 3.05) is 14.2 Å². The predicted molar refractivity (Wildman–Crippen MR) is 80.6 cm³/mol.